The molecule has 1 unspecified atom stereocenters. The predicted octanol–water partition coefficient (Wildman–Crippen LogP) is 3.37. The Morgan fingerprint density at radius 1 is 1.24 bits per heavy atom. The Bertz CT molecular complexity index is 1040. The zero-order valence-corrected chi connectivity index (χ0v) is 17.2. The number of nitrogens with one attached hydrogen (secondary N) is 1. The second-order valence-corrected chi connectivity index (χ2v) is 8.13. The number of aryl methyl sites for hydroxylation is 1. The van der Waals surface area contributed by atoms with Gasteiger partial charge in [0.05, 0.1) is 11.0 Å². The largest absolute Gasteiger partial charge is 0.491 e. The summed E-state index contributed by atoms with van der Waals surface area (Å²) in [6.07, 6.45) is 1.19. The summed E-state index contributed by atoms with van der Waals surface area (Å²) < 4.78 is 7.59. The van der Waals surface area contributed by atoms with Gasteiger partial charge in [-0.05, 0) is 55.7 Å². The molecule has 0 bridgehead atoms. The normalized spacial score (nSPS) is 16.9. The van der Waals surface area contributed by atoms with Gasteiger partial charge in [-0.15, -0.1) is 0 Å². The van der Waals surface area contributed by atoms with Gasteiger partial charge in [-0.1, -0.05) is 23.7 Å². The van der Waals surface area contributed by atoms with E-state index in [4.69, 9.17) is 16.3 Å². The van der Waals surface area contributed by atoms with Gasteiger partial charge >= 0.3 is 5.69 Å². The first kappa shape index (κ1) is 20.0. The van der Waals surface area contributed by atoms with E-state index in [0.29, 0.717) is 17.3 Å². The molecule has 154 valence electrons. The van der Waals surface area contributed by atoms with E-state index in [1.165, 1.54) is 0 Å². The molecule has 29 heavy (non-hydrogen) atoms. The summed E-state index contributed by atoms with van der Waals surface area (Å²) in [5.74, 6) is 0.711. The molecule has 1 aromatic heterocycles. The highest BCUT2D eigenvalue weighted by atomic mass is 35.5. The van der Waals surface area contributed by atoms with Gasteiger partial charge in [-0.2, -0.15) is 0 Å². The van der Waals surface area contributed by atoms with Gasteiger partial charge in [0.25, 0.3) is 0 Å². The molecule has 0 radical (unpaired) electrons. The number of halogens is 1. The van der Waals surface area contributed by atoms with Crippen LogP contribution in [-0.2, 0) is 0 Å². The van der Waals surface area contributed by atoms with Crippen LogP contribution in [0.1, 0.15) is 24.4 Å². The smallest absolute Gasteiger partial charge is 0.326 e. The van der Waals surface area contributed by atoms with E-state index in [2.05, 4.69) is 9.88 Å². The fraction of sp³-hybridized carbons (Fsp3) is 0.409. The number of para-hydroxylation sites is 2. The molecule has 7 heteroatoms. The highest BCUT2D eigenvalue weighted by molar-refractivity contribution is 6.31. The molecular weight excluding hydrogens is 390 g/mol. The lowest BCUT2D eigenvalue weighted by molar-refractivity contribution is 0.0559. The summed E-state index contributed by atoms with van der Waals surface area (Å²) in [5.41, 5.74) is 2.75. The molecule has 0 saturated carbocycles. The van der Waals surface area contributed by atoms with Crippen LogP contribution in [0.3, 0.4) is 0 Å². The number of hydrogen-bond donors (Lipinski definition) is 2. The monoisotopic (exact) mass is 415 g/mol. The number of β-amino-alcohol motifs (C(OH)–C–C–N with tert-alkyl or cyclic N) is 1. The lowest BCUT2D eigenvalue weighted by Gasteiger charge is -2.33. The third-order valence-electron chi connectivity index (χ3n) is 5.59. The molecule has 0 aliphatic carbocycles. The van der Waals surface area contributed by atoms with E-state index in [0.717, 1.165) is 42.5 Å². The molecule has 3 aromatic rings. The van der Waals surface area contributed by atoms with E-state index in [1.54, 1.807) is 6.07 Å². The van der Waals surface area contributed by atoms with Crippen molar-refractivity contribution in [1.29, 1.82) is 0 Å². The summed E-state index contributed by atoms with van der Waals surface area (Å²) in [6, 6.07) is 13.5. The second-order valence-electron chi connectivity index (χ2n) is 7.72. The molecule has 4 rings (SSSR count). The summed E-state index contributed by atoms with van der Waals surface area (Å²) in [7, 11) is 0. The lowest BCUT2D eigenvalue weighted by atomic mass is 10.0. The van der Waals surface area contributed by atoms with Gasteiger partial charge < -0.3 is 19.7 Å². The number of benzene rings is 2. The van der Waals surface area contributed by atoms with Crippen molar-refractivity contribution in [1.82, 2.24) is 14.5 Å². The number of aliphatic hydroxyl groups is 1. The van der Waals surface area contributed by atoms with Crippen molar-refractivity contribution >= 4 is 22.6 Å². The summed E-state index contributed by atoms with van der Waals surface area (Å²) in [5, 5.41) is 11.1. The molecule has 6 nitrogen and oxygen atoms in total. The minimum atomic E-state index is -0.571. The standard InChI is InChI=1S/C22H26ClN3O3/c1-15-12-18(6-7-19(15)23)29-14-17(27)13-25-10-8-16(9-11-25)26-21-5-3-2-4-20(21)24-22(26)28/h2-7,12,16-17,27H,8-11,13-14H2,1H3,(H,24,28). The van der Waals surface area contributed by atoms with Crippen LogP contribution in [0.5, 0.6) is 5.75 Å². The van der Waals surface area contributed by atoms with Crippen molar-refractivity contribution in [3.8, 4) is 5.75 Å². The molecule has 1 atom stereocenters. The SMILES string of the molecule is Cc1cc(OCC(O)CN2CCC(n3c(=O)[nH]c4ccccc43)CC2)ccc1Cl. The number of hydrogen-bond acceptors (Lipinski definition) is 4. The number of aliphatic hydroxyl groups excluding tert-OH is 1. The van der Waals surface area contributed by atoms with Gasteiger partial charge in [0.2, 0.25) is 0 Å². The van der Waals surface area contributed by atoms with Crippen LogP contribution in [0.15, 0.2) is 47.3 Å². The molecule has 2 aromatic carbocycles. The highest BCUT2D eigenvalue weighted by Crippen LogP contribution is 2.25. The van der Waals surface area contributed by atoms with Gasteiger partial charge in [-0.3, -0.25) is 4.57 Å². The van der Waals surface area contributed by atoms with Crippen molar-refractivity contribution in [2.24, 2.45) is 0 Å². The van der Waals surface area contributed by atoms with Gasteiger partial charge in [0, 0.05) is 30.7 Å². The maximum absolute atomic E-state index is 12.4. The summed E-state index contributed by atoms with van der Waals surface area (Å²) in [4.78, 5) is 17.6. The van der Waals surface area contributed by atoms with E-state index < -0.39 is 6.10 Å². The number of likely N-dealkylation sites (tertiary alicyclic amines) is 1. The van der Waals surface area contributed by atoms with E-state index in [-0.39, 0.29) is 18.3 Å². The molecule has 1 fully saturated rings. The predicted molar refractivity (Wildman–Crippen MR) is 115 cm³/mol. The van der Waals surface area contributed by atoms with Gasteiger partial charge in [0.15, 0.2) is 0 Å². The topological polar surface area (TPSA) is 70.5 Å². The Balaban J connectivity index is 1.30. The van der Waals surface area contributed by atoms with E-state index in [9.17, 15) is 9.90 Å². The number of ether oxygens (including phenoxy) is 1. The Morgan fingerprint density at radius 3 is 2.76 bits per heavy atom. The fourth-order valence-electron chi connectivity index (χ4n) is 4.05. The van der Waals surface area contributed by atoms with Crippen LogP contribution in [-0.4, -0.2) is 51.9 Å². The van der Waals surface area contributed by atoms with Crippen LogP contribution < -0.4 is 10.4 Å². The average molecular weight is 416 g/mol. The Labute approximate surface area is 174 Å². The first-order valence-corrected chi connectivity index (χ1v) is 10.4. The van der Waals surface area contributed by atoms with E-state index >= 15 is 0 Å². The molecule has 1 aliphatic heterocycles. The molecule has 0 amide bonds. The van der Waals surface area contributed by atoms with Crippen molar-refractivity contribution in [2.75, 3.05) is 26.2 Å². The third kappa shape index (κ3) is 4.50. The number of H-pyrrole nitrogens is 1. The number of piperidine rings is 1. The number of nitrogens with zero attached hydrogens (tertiary/aromatic N) is 2. The Hall–Kier alpha value is -2.28. The number of imidazole rings is 1. The lowest BCUT2D eigenvalue weighted by Crippen LogP contribution is -2.42. The second kappa shape index (κ2) is 8.61. The first-order valence-electron chi connectivity index (χ1n) is 10.00. The molecule has 2 heterocycles. The van der Waals surface area contributed by atoms with Crippen molar-refractivity contribution in [3.63, 3.8) is 0 Å². The molecule has 0 spiro atoms. The minimum absolute atomic E-state index is 0.0451. The van der Waals surface area contributed by atoms with Crippen LogP contribution in [0.25, 0.3) is 11.0 Å². The Kier molecular flexibility index (Phi) is 5.94. The molecule has 2 N–H and O–H groups in total. The van der Waals surface area contributed by atoms with Crippen LogP contribution in [0.2, 0.25) is 5.02 Å². The number of fused-ring (bicyclic) bond motifs is 1. The summed E-state index contributed by atoms with van der Waals surface area (Å²) in [6.45, 7) is 4.40. The van der Waals surface area contributed by atoms with Crippen molar-refractivity contribution in [2.45, 2.75) is 31.9 Å². The summed E-state index contributed by atoms with van der Waals surface area (Å²) >= 11 is 6.03. The minimum Gasteiger partial charge on any atom is -0.491 e. The average Bonchev–Trinajstić information content (AvgIpc) is 3.05. The van der Waals surface area contributed by atoms with Gasteiger partial charge in [0.1, 0.15) is 18.5 Å². The van der Waals surface area contributed by atoms with Crippen molar-refractivity contribution in [3.05, 3.63) is 63.5 Å². The molecular formula is C22H26ClN3O3. The third-order valence-corrected chi connectivity index (χ3v) is 6.01. The maximum atomic E-state index is 12.4. The van der Waals surface area contributed by atoms with E-state index in [1.807, 2.05) is 47.9 Å². The zero-order valence-electron chi connectivity index (χ0n) is 16.5. The molecule has 1 saturated heterocycles. The number of rotatable bonds is 6. The zero-order chi connectivity index (χ0) is 20.4. The highest BCUT2D eigenvalue weighted by Gasteiger charge is 2.24. The van der Waals surface area contributed by atoms with Crippen LogP contribution in [0.4, 0.5) is 0 Å². The fourth-order valence-corrected chi connectivity index (χ4v) is 4.16. The number of aromatic amines is 1. The van der Waals surface area contributed by atoms with Crippen LogP contribution in [0, 0.1) is 6.92 Å². The Morgan fingerprint density at radius 2 is 2.00 bits per heavy atom. The number of aromatic nitrogens is 2. The maximum Gasteiger partial charge on any atom is 0.326 e. The first-order chi connectivity index (χ1) is 14.0. The quantitative estimate of drug-likeness (QED) is 0.647. The van der Waals surface area contributed by atoms with Crippen molar-refractivity contribution < 1.29 is 9.84 Å². The molecule has 1 aliphatic rings. The van der Waals surface area contributed by atoms with Gasteiger partial charge in [-0.25, -0.2) is 4.79 Å². The van der Waals surface area contributed by atoms with Crippen LogP contribution >= 0.6 is 11.6 Å².